The van der Waals surface area contributed by atoms with Crippen molar-refractivity contribution < 1.29 is 14.6 Å². The average Bonchev–Trinajstić information content (AvgIpc) is 3.29. The van der Waals surface area contributed by atoms with Crippen molar-refractivity contribution in [3.8, 4) is 0 Å². The van der Waals surface area contributed by atoms with E-state index in [1.54, 1.807) is 6.92 Å². The van der Waals surface area contributed by atoms with Crippen LogP contribution in [0.25, 0.3) is 0 Å². The Morgan fingerprint density at radius 2 is 2.00 bits per heavy atom. The monoisotopic (exact) mass is 277 g/mol. The molecule has 1 saturated carbocycles. The Bertz CT molecular complexity index is 426. The molecule has 0 spiro atoms. The Labute approximate surface area is 120 Å². The fourth-order valence-corrected chi connectivity index (χ4v) is 1.93. The molecule has 4 heteroatoms. The van der Waals surface area contributed by atoms with Crippen LogP contribution in [-0.4, -0.2) is 30.3 Å². The van der Waals surface area contributed by atoms with Crippen LogP contribution in [0.15, 0.2) is 24.3 Å². The number of nitrogens with one attached hydrogen (secondary N) is 1. The summed E-state index contributed by atoms with van der Waals surface area (Å²) in [5.74, 6) is 0.632. The van der Waals surface area contributed by atoms with Crippen LogP contribution in [0.5, 0.6) is 0 Å². The van der Waals surface area contributed by atoms with E-state index in [2.05, 4.69) is 5.32 Å². The summed E-state index contributed by atoms with van der Waals surface area (Å²) in [4.78, 5) is 11.8. The smallest absolute Gasteiger partial charge is 0.248 e. The molecule has 1 unspecified atom stereocenters. The van der Waals surface area contributed by atoms with Crippen LogP contribution in [0.4, 0.5) is 0 Å². The highest BCUT2D eigenvalue weighted by Crippen LogP contribution is 2.29. The summed E-state index contributed by atoms with van der Waals surface area (Å²) in [6.45, 7) is 3.17. The molecule has 2 N–H and O–H groups in total. The summed E-state index contributed by atoms with van der Waals surface area (Å²) in [5, 5.41) is 11.9. The van der Waals surface area contributed by atoms with Gasteiger partial charge in [0, 0.05) is 6.54 Å². The summed E-state index contributed by atoms with van der Waals surface area (Å²) < 4.78 is 5.52. The predicted molar refractivity (Wildman–Crippen MR) is 77.2 cm³/mol. The van der Waals surface area contributed by atoms with Gasteiger partial charge in [-0.25, -0.2) is 0 Å². The number of amides is 1. The first kappa shape index (κ1) is 15.0. The van der Waals surface area contributed by atoms with E-state index in [4.69, 9.17) is 9.84 Å². The van der Waals surface area contributed by atoms with E-state index in [9.17, 15) is 4.79 Å². The molecule has 20 heavy (non-hydrogen) atoms. The lowest BCUT2D eigenvalue weighted by Crippen LogP contribution is -2.36. The molecule has 0 radical (unpaired) electrons. The summed E-state index contributed by atoms with van der Waals surface area (Å²) in [6.07, 6.45) is 2.88. The molecule has 1 amide bonds. The van der Waals surface area contributed by atoms with Crippen LogP contribution in [0.3, 0.4) is 0 Å². The highest BCUT2D eigenvalue weighted by atomic mass is 16.5. The number of ether oxygens (including phenoxy) is 1. The van der Waals surface area contributed by atoms with Crippen molar-refractivity contribution >= 4 is 5.91 Å². The first-order chi connectivity index (χ1) is 9.69. The summed E-state index contributed by atoms with van der Waals surface area (Å²) in [6, 6.07) is 7.76. The highest BCUT2D eigenvalue weighted by molar-refractivity contribution is 5.80. The van der Waals surface area contributed by atoms with E-state index in [0.29, 0.717) is 19.1 Å². The largest absolute Gasteiger partial charge is 0.392 e. The van der Waals surface area contributed by atoms with E-state index in [-0.39, 0.29) is 18.6 Å². The minimum atomic E-state index is -0.368. The van der Waals surface area contributed by atoms with Gasteiger partial charge in [0.1, 0.15) is 6.10 Å². The molecule has 1 aliphatic rings. The summed E-state index contributed by atoms with van der Waals surface area (Å²) in [5.41, 5.74) is 2.05. The number of carbonyl (C=O) groups excluding carboxylic acids is 1. The molecule has 1 aromatic rings. The second-order valence-corrected chi connectivity index (χ2v) is 5.43. The third-order valence-corrected chi connectivity index (χ3v) is 3.57. The molecule has 110 valence electrons. The number of benzene rings is 1. The molecular weight excluding hydrogens is 254 g/mol. The third-order valence-electron chi connectivity index (χ3n) is 3.57. The zero-order valence-corrected chi connectivity index (χ0v) is 12.0. The lowest BCUT2D eigenvalue weighted by Gasteiger charge is -2.13. The van der Waals surface area contributed by atoms with Crippen LogP contribution in [0, 0.1) is 5.92 Å². The molecule has 0 saturated heterocycles. The lowest BCUT2D eigenvalue weighted by molar-refractivity contribution is -0.131. The van der Waals surface area contributed by atoms with E-state index in [1.165, 1.54) is 12.8 Å². The standard InChI is InChI=1S/C16H23NO3/c1-12(20-11-15-6-7-15)16(19)17-9-8-13-2-4-14(10-18)5-3-13/h2-5,12,15,18H,6-11H2,1H3,(H,17,19). The maximum Gasteiger partial charge on any atom is 0.248 e. The van der Waals surface area contributed by atoms with Gasteiger partial charge < -0.3 is 15.2 Å². The zero-order valence-electron chi connectivity index (χ0n) is 12.0. The maximum atomic E-state index is 11.8. The van der Waals surface area contributed by atoms with Crippen LogP contribution >= 0.6 is 0 Å². The molecule has 4 nitrogen and oxygen atoms in total. The number of hydrogen-bond acceptors (Lipinski definition) is 3. The van der Waals surface area contributed by atoms with E-state index < -0.39 is 0 Å². The number of carbonyl (C=O) groups is 1. The van der Waals surface area contributed by atoms with Gasteiger partial charge in [-0.1, -0.05) is 24.3 Å². The summed E-state index contributed by atoms with van der Waals surface area (Å²) >= 11 is 0. The Kier molecular flexibility index (Phi) is 5.56. The highest BCUT2D eigenvalue weighted by Gasteiger charge is 2.23. The average molecular weight is 277 g/mol. The molecule has 0 aromatic heterocycles. The SMILES string of the molecule is CC(OCC1CC1)C(=O)NCCc1ccc(CO)cc1. The van der Waals surface area contributed by atoms with Gasteiger partial charge in [-0.15, -0.1) is 0 Å². The minimum absolute atomic E-state index is 0.0439. The number of aliphatic hydroxyl groups is 1. The van der Waals surface area contributed by atoms with Crippen molar-refractivity contribution in [2.45, 2.75) is 38.9 Å². The fraction of sp³-hybridized carbons (Fsp3) is 0.562. The second-order valence-electron chi connectivity index (χ2n) is 5.43. The molecule has 1 atom stereocenters. The molecule has 1 aliphatic carbocycles. The molecular formula is C16H23NO3. The van der Waals surface area contributed by atoms with Crippen molar-refractivity contribution in [2.75, 3.05) is 13.2 Å². The number of hydrogen-bond donors (Lipinski definition) is 2. The third kappa shape index (κ3) is 4.94. The molecule has 0 heterocycles. The Balaban J connectivity index is 1.64. The van der Waals surface area contributed by atoms with Gasteiger partial charge in [-0.3, -0.25) is 4.79 Å². The van der Waals surface area contributed by atoms with Crippen molar-refractivity contribution in [1.82, 2.24) is 5.32 Å². The maximum absolute atomic E-state index is 11.8. The van der Waals surface area contributed by atoms with Gasteiger partial charge >= 0.3 is 0 Å². The first-order valence-electron chi connectivity index (χ1n) is 7.27. The summed E-state index contributed by atoms with van der Waals surface area (Å²) in [7, 11) is 0. The van der Waals surface area contributed by atoms with E-state index in [0.717, 1.165) is 17.5 Å². The molecule has 0 aliphatic heterocycles. The van der Waals surface area contributed by atoms with E-state index in [1.807, 2.05) is 24.3 Å². The Morgan fingerprint density at radius 1 is 1.35 bits per heavy atom. The fourth-order valence-electron chi connectivity index (χ4n) is 1.93. The van der Waals surface area contributed by atoms with Crippen LogP contribution in [0.1, 0.15) is 30.9 Å². The van der Waals surface area contributed by atoms with Gasteiger partial charge in [0.25, 0.3) is 0 Å². The van der Waals surface area contributed by atoms with Gasteiger partial charge in [-0.05, 0) is 43.2 Å². The molecule has 1 aromatic carbocycles. The van der Waals surface area contributed by atoms with Crippen LogP contribution in [0.2, 0.25) is 0 Å². The van der Waals surface area contributed by atoms with Gasteiger partial charge in [0.2, 0.25) is 5.91 Å². The Hall–Kier alpha value is -1.39. The normalized spacial score (nSPS) is 15.9. The van der Waals surface area contributed by atoms with Crippen molar-refractivity contribution in [2.24, 2.45) is 5.92 Å². The second kappa shape index (κ2) is 7.41. The van der Waals surface area contributed by atoms with Gasteiger partial charge in [-0.2, -0.15) is 0 Å². The van der Waals surface area contributed by atoms with Crippen molar-refractivity contribution in [3.05, 3.63) is 35.4 Å². The Morgan fingerprint density at radius 3 is 2.60 bits per heavy atom. The van der Waals surface area contributed by atoms with Crippen LogP contribution in [-0.2, 0) is 22.6 Å². The molecule has 1 fully saturated rings. The van der Waals surface area contributed by atoms with Crippen molar-refractivity contribution in [1.29, 1.82) is 0 Å². The number of rotatable bonds is 8. The zero-order chi connectivity index (χ0) is 14.4. The van der Waals surface area contributed by atoms with E-state index >= 15 is 0 Å². The molecule has 2 rings (SSSR count). The first-order valence-corrected chi connectivity index (χ1v) is 7.27. The number of aliphatic hydroxyl groups excluding tert-OH is 1. The predicted octanol–water partition coefficient (Wildman–Crippen LogP) is 1.65. The van der Waals surface area contributed by atoms with Crippen molar-refractivity contribution in [3.63, 3.8) is 0 Å². The quantitative estimate of drug-likeness (QED) is 0.759. The van der Waals surface area contributed by atoms with Gasteiger partial charge in [0.15, 0.2) is 0 Å². The molecule has 0 bridgehead atoms. The topological polar surface area (TPSA) is 58.6 Å². The lowest BCUT2D eigenvalue weighted by atomic mass is 10.1. The minimum Gasteiger partial charge on any atom is -0.392 e. The van der Waals surface area contributed by atoms with Crippen LogP contribution < -0.4 is 5.32 Å². The van der Waals surface area contributed by atoms with Gasteiger partial charge in [0.05, 0.1) is 13.2 Å².